The molecule has 0 aliphatic rings. The minimum atomic E-state index is -0.460. The molecular formula is C27H28N2O5. The van der Waals surface area contributed by atoms with Gasteiger partial charge in [0.1, 0.15) is 17.2 Å². The van der Waals surface area contributed by atoms with Crippen LogP contribution in [0.1, 0.15) is 53.0 Å². The number of hydrazone groups is 1. The zero-order valence-electron chi connectivity index (χ0n) is 19.3. The van der Waals surface area contributed by atoms with Gasteiger partial charge in [-0.2, -0.15) is 5.10 Å². The van der Waals surface area contributed by atoms with Gasteiger partial charge in [-0.1, -0.05) is 13.3 Å². The van der Waals surface area contributed by atoms with Gasteiger partial charge in [0.25, 0.3) is 5.91 Å². The number of esters is 1. The Morgan fingerprint density at radius 3 is 2.00 bits per heavy atom. The first-order valence-electron chi connectivity index (χ1n) is 11.2. The number of hydrogen-bond donors (Lipinski definition) is 1. The monoisotopic (exact) mass is 460 g/mol. The van der Waals surface area contributed by atoms with E-state index in [0.29, 0.717) is 35.8 Å². The summed E-state index contributed by atoms with van der Waals surface area (Å²) in [5.41, 5.74) is 4.14. The van der Waals surface area contributed by atoms with Gasteiger partial charge in [-0.15, -0.1) is 0 Å². The third kappa shape index (κ3) is 7.48. The van der Waals surface area contributed by atoms with E-state index in [2.05, 4.69) is 17.5 Å². The van der Waals surface area contributed by atoms with E-state index in [-0.39, 0.29) is 5.91 Å². The second-order valence-electron chi connectivity index (χ2n) is 7.34. The van der Waals surface area contributed by atoms with E-state index in [0.717, 1.165) is 24.2 Å². The molecule has 0 unspecified atom stereocenters. The smallest absolute Gasteiger partial charge is 0.343 e. The Kier molecular flexibility index (Phi) is 9.22. The number of ether oxygens (including phenoxy) is 3. The Labute approximate surface area is 199 Å². The number of nitrogens with zero attached hydrogens (tertiary/aromatic N) is 1. The first kappa shape index (κ1) is 24.5. The fourth-order valence-corrected chi connectivity index (χ4v) is 2.91. The Bertz CT molecular complexity index is 1090. The number of carbonyl (C=O) groups excluding carboxylic acids is 2. The third-order valence-electron chi connectivity index (χ3n) is 4.75. The Hall–Kier alpha value is -4.13. The van der Waals surface area contributed by atoms with Gasteiger partial charge >= 0.3 is 5.97 Å². The van der Waals surface area contributed by atoms with E-state index >= 15 is 0 Å². The lowest BCUT2D eigenvalue weighted by Crippen LogP contribution is -2.17. The average molecular weight is 461 g/mol. The van der Waals surface area contributed by atoms with Crippen molar-refractivity contribution in [1.29, 1.82) is 0 Å². The molecule has 0 aromatic heterocycles. The van der Waals surface area contributed by atoms with E-state index in [9.17, 15) is 9.59 Å². The Morgan fingerprint density at radius 1 is 0.794 bits per heavy atom. The lowest BCUT2D eigenvalue weighted by Gasteiger charge is -2.06. The lowest BCUT2D eigenvalue weighted by molar-refractivity contribution is 0.0734. The van der Waals surface area contributed by atoms with Crippen LogP contribution in [0.15, 0.2) is 77.9 Å². The highest BCUT2D eigenvalue weighted by Gasteiger charge is 2.09. The molecule has 0 saturated heterocycles. The molecule has 0 radical (unpaired) electrons. The predicted octanol–water partition coefficient (Wildman–Crippen LogP) is 5.25. The predicted molar refractivity (Wildman–Crippen MR) is 131 cm³/mol. The fraction of sp³-hybridized carbons (Fsp3) is 0.222. The number of rotatable bonds is 11. The summed E-state index contributed by atoms with van der Waals surface area (Å²) < 4.78 is 16.4. The van der Waals surface area contributed by atoms with Crippen molar-refractivity contribution in [3.05, 3.63) is 89.5 Å². The van der Waals surface area contributed by atoms with Crippen molar-refractivity contribution in [2.75, 3.05) is 13.2 Å². The Balaban J connectivity index is 1.48. The second-order valence-corrected chi connectivity index (χ2v) is 7.34. The molecule has 0 heterocycles. The van der Waals surface area contributed by atoms with Crippen molar-refractivity contribution in [3.63, 3.8) is 0 Å². The molecule has 0 atom stereocenters. The van der Waals surface area contributed by atoms with E-state index in [4.69, 9.17) is 14.2 Å². The van der Waals surface area contributed by atoms with Crippen LogP contribution in [0.5, 0.6) is 17.2 Å². The summed E-state index contributed by atoms with van der Waals surface area (Å²) in [6, 6.07) is 20.5. The van der Waals surface area contributed by atoms with E-state index in [1.54, 1.807) is 72.8 Å². The zero-order valence-corrected chi connectivity index (χ0v) is 19.3. The molecule has 0 aliphatic heterocycles. The van der Waals surface area contributed by atoms with Gasteiger partial charge in [-0.3, -0.25) is 4.79 Å². The van der Waals surface area contributed by atoms with Gasteiger partial charge in [0, 0.05) is 5.56 Å². The number of benzene rings is 3. The molecular weight excluding hydrogens is 432 g/mol. The number of carbonyl (C=O) groups is 2. The molecule has 0 aliphatic carbocycles. The van der Waals surface area contributed by atoms with Crippen molar-refractivity contribution in [3.8, 4) is 17.2 Å². The van der Waals surface area contributed by atoms with Gasteiger partial charge in [0.05, 0.1) is 25.0 Å². The molecule has 34 heavy (non-hydrogen) atoms. The fourth-order valence-electron chi connectivity index (χ4n) is 2.91. The van der Waals surface area contributed by atoms with Gasteiger partial charge < -0.3 is 14.2 Å². The first-order chi connectivity index (χ1) is 16.6. The summed E-state index contributed by atoms with van der Waals surface area (Å²) >= 11 is 0. The molecule has 0 fully saturated rings. The van der Waals surface area contributed by atoms with Crippen molar-refractivity contribution in [1.82, 2.24) is 5.43 Å². The Morgan fingerprint density at radius 2 is 1.38 bits per heavy atom. The minimum Gasteiger partial charge on any atom is -0.494 e. The van der Waals surface area contributed by atoms with Crippen LogP contribution in [0, 0.1) is 0 Å². The van der Waals surface area contributed by atoms with Crippen LogP contribution in [0.4, 0.5) is 0 Å². The highest BCUT2D eigenvalue weighted by Crippen LogP contribution is 2.17. The van der Waals surface area contributed by atoms with E-state index in [1.165, 1.54) is 6.21 Å². The maximum absolute atomic E-state index is 12.3. The van der Waals surface area contributed by atoms with Gasteiger partial charge in [-0.25, -0.2) is 10.2 Å². The summed E-state index contributed by atoms with van der Waals surface area (Å²) in [4.78, 5) is 24.5. The molecule has 0 bridgehead atoms. The maximum atomic E-state index is 12.3. The van der Waals surface area contributed by atoms with E-state index < -0.39 is 5.97 Å². The van der Waals surface area contributed by atoms with Crippen LogP contribution < -0.4 is 19.6 Å². The molecule has 3 aromatic rings. The topological polar surface area (TPSA) is 86.2 Å². The van der Waals surface area contributed by atoms with Gasteiger partial charge in [0.2, 0.25) is 0 Å². The zero-order chi connectivity index (χ0) is 24.2. The standard InChI is InChI=1S/C27H28N2O5/c1-3-5-18-33-24-14-8-21(9-15-24)26(30)29-28-19-20-6-12-25(13-7-20)34-27(31)22-10-16-23(17-11-22)32-4-2/h6-17,19H,3-5,18H2,1-2H3,(H,29,30)/b28-19-. The second kappa shape index (κ2) is 12.8. The number of hydrogen-bond acceptors (Lipinski definition) is 6. The summed E-state index contributed by atoms with van der Waals surface area (Å²) in [6.45, 7) is 5.22. The number of amides is 1. The molecule has 176 valence electrons. The first-order valence-corrected chi connectivity index (χ1v) is 11.2. The maximum Gasteiger partial charge on any atom is 0.343 e. The normalized spacial score (nSPS) is 10.6. The highest BCUT2D eigenvalue weighted by atomic mass is 16.5. The van der Waals surface area contributed by atoms with Gasteiger partial charge in [0.15, 0.2) is 0 Å². The van der Waals surface area contributed by atoms with Crippen molar-refractivity contribution in [2.24, 2.45) is 5.10 Å². The number of nitrogens with one attached hydrogen (secondary N) is 1. The molecule has 1 N–H and O–H groups in total. The molecule has 3 aromatic carbocycles. The highest BCUT2D eigenvalue weighted by molar-refractivity contribution is 5.95. The minimum absolute atomic E-state index is 0.322. The summed E-state index contributed by atoms with van der Waals surface area (Å²) in [5.74, 6) is 1.05. The van der Waals surface area contributed by atoms with Crippen molar-refractivity contribution < 1.29 is 23.8 Å². The van der Waals surface area contributed by atoms with Crippen LogP contribution in [0.25, 0.3) is 0 Å². The molecule has 3 rings (SSSR count). The quantitative estimate of drug-likeness (QED) is 0.139. The summed E-state index contributed by atoms with van der Waals surface area (Å²) in [5, 5.41) is 3.99. The largest absolute Gasteiger partial charge is 0.494 e. The van der Waals surface area contributed by atoms with Crippen LogP contribution in [-0.4, -0.2) is 31.3 Å². The molecule has 7 nitrogen and oxygen atoms in total. The summed E-state index contributed by atoms with van der Waals surface area (Å²) in [6.07, 6.45) is 3.57. The third-order valence-corrected chi connectivity index (χ3v) is 4.75. The molecule has 7 heteroatoms. The lowest BCUT2D eigenvalue weighted by atomic mass is 10.2. The number of unbranched alkanes of at least 4 members (excludes halogenated alkanes) is 1. The molecule has 1 amide bonds. The van der Waals surface area contributed by atoms with E-state index in [1.807, 2.05) is 6.92 Å². The van der Waals surface area contributed by atoms with Crippen LogP contribution in [-0.2, 0) is 0 Å². The molecule has 0 spiro atoms. The molecule has 0 saturated carbocycles. The van der Waals surface area contributed by atoms with Crippen LogP contribution >= 0.6 is 0 Å². The summed E-state index contributed by atoms with van der Waals surface area (Å²) in [7, 11) is 0. The average Bonchev–Trinajstić information content (AvgIpc) is 2.86. The van der Waals surface area contributed by atoms with Crippen molar-refractivity contribution in [2.45, 2.75) is 26.7 Å². The van der Waals surface area contributed by atoms with Gasteiger partial charge in [-0.05, 0) is 91.7 Å². The van der Waals surface area contributed by atoms with Crippen molar-refractivity contribution >= 4 is 18.1 Å². The SMILES string of the molecule is CCCCOc1ccc(C(=O)N/N=C\c2ccc(OC(=O)c3ccc(OCC)cc3)cc2)cc1. The van der Waals surface area contributed by atoms with Crippen LogP contribution in [0.3, 0.4) is 0 Å². The van der Waals surface area contributed by atoms with Crippen LogP contribution in [0.2, 0.25) is 0 Å².